The highest BCUT2D eigenvalue weighted by Gasteiger charge is 2.44. The maximum absolute atomic E-state index is 13.2. The Morgan fingerprint density at radius 1 is 1.07 bits per heavy atom. The summed E-state index contributed by atoms with van der Waals surface area (Å²) in [5.41, 5.74) is -1.64. The number of imide groups is 1. The van der Waals surface area contributed by atoms with Crippen molar-refractivity contribution in [2.45, 2.75) is 22.7 Å². The third-order valence-corrected chi connectivity index (χ3v) is 5.21. The van der Waals surface area contributed by atoms with E-state index in [0.29, 0.717) is 4.90 Å². The van der Waals surface area contributed by atoms with E-state index in [1.165, 1.54) is 30.3 Å². The first-order chi connectivity index (χ1) is 12.7. The van der Waals surface area contributed by atoms with Gasteiger partial charge in [0.25, 0.3) is 0 Å². The molecule has 2 aromatic carbocycles. The molecule has 2 amide bonds. The second-order valence-electron chi connectivity index (χ2n) is 5.69. The number of carboxylic acids is 1. The van der Waals surface area contributed by atoms with Gasteiger partial charge in [-0.25, -0.2) is 9.69 Å². The Balaban J connectivity index is 1.93. The van der Waals surface area contributed by atoms with Crippen molar-refractivity contribution < 1.29 is 32.7 Å². The van der Waals surface area contributed by atoms with E-state index in [9.17, 15) is 32.7 Å². The maximum Gasteiger partial charge on any atom is 0.418 e. The first kappa shape index (κ1) is 19.0. The van der Waals surface area contributed by atoms with Gasteiger partial charge in [0.15, 0.2) is 0 Å². The zero-order valence-corrected chi connectivity index (χ0v) is 14.4. The minimum atomic E-state index is -4.72. The standard InChI is InChI=1S/C18H12F3NO4S/c19-18(20,21)11-6-2-3-7-12(11)22-15(23)9-14(16(22)24)27-13-8-4-1-5-10(13)17(25)26/h1-8,14H,9H2,(H,25,26)/t14-/m1/s1. The van der Waals surface area contributed by atoms with E-state index in [1.54, 1.807) is 6.07 Å². The van der Waals surface area contributed by atoms with Crippen LogP contribution in [0, 0.1) is 0 Å². The number of aromatic carboxylic acids is 1. The number of para-hydroxylation sites is 1. The van der Waals surface area contributed by atoms with Crippen LogP contribution in [0.3, 0.4) is 0 Å². The SMILES string of the molecule is O=C(O)c1ccccc1S[C@@H]1CC(=O)N(c2ccccc2C(F)(F)F)C1=O. The number of anilines is 1. The van der Waals surface area contributed by atoms with Crippen LogP contribution in [-0.2, 0) is 15.8 Å². The predicted molar refractivity (Wildman–Crippen MR) is 91.6 cm³/mol. The molecule has 5 nitrogen and oxygen atoms in total. The van der Waals surface area contributed by atoms with Gasteiger partial charge in [-0.1, -0.05) is 24.3 Å². The highest BCUT2D eigenvalue weighted by Crippen LogP contribution is 2.41. The molecule has 0 aliphatic carbocycles. The summed E-state index contributed by atoms with van der Waals surface area (Å²) in [7, 11) is 0. The summed E-state index contributed by atoms with van der Waals surface area (Å²) < 4.78 is 39.7. The number of carbonyl (C=O) groups excluding carboxylic acids is 2. The number of benzene rings is 2. The molecule has 1 heterocycles. The molecule has 0 bridgehead atoms. The summed E-state index contributed by atoms with van der Waals surface area (Å²) in [6.45, 7) is 0. The molecule has 1 N–H and O–H groups in total. The van der Waals surface area contributed by atoms with Gasteiger partial charge in [0.1, 0.15) is 0 Å². The highest BCUT2D eigenvalue weighted by atomic mass is 32.2. The Kier molecular flexibility index (Phi) is 4.97. The molecule has 1 saturated heterocycles. The Labute approximate surface area is 155 Å². The van der Waals surface area contributed by atoms with Gasteiger partial charge in [0.2, 0.25) is 11.8 Å². The molecule has 0 unspecified atom stereocenters. The molecule has 1 aliphatic heterocycles. The molecule has 0 radical (unpaired) electrons. The van der Waals surface area contributed by atoms with E-state index >= 15 is 0 Å². The van der Waals surface area contributed by atoms with Crippen molar-refractivity contribution >= 4 is 35.2 Å². The van der Waals surface area contributed by atoms with Gasteiger partial charge in [-0.05, 0) is 24.3 Å². The number of alkyl halides is 3. The third kappa shape index (κ3) is 3.68. The predicted octanol–water partition coefficient (Wildman–Crippen LogP) is 3.83. The second-order valence-corrected chi connectivity index (χ2v) is 6.94. The van der Waals surface area contributed by atoms with Crippen molar-refractivity contribution in [3.63, 3.8) is 0 Å². The normalized spacial score (nSPS) is 17.4. The molecule has 0 spiro atoms. The van der Waals surface area contributed by atoms with Crippen molar-refractivity contribution in [1.29, 1.82) is 0 Å². The average Bonchev–Trinajstić information content (AvgIpc) is 2.88. The van der Waals surface area contributed by atoms with Crippen molar-refractivity contribution in [1.82, 2.24) is 0 Å². The molecule has 0 saturated carbocycles. The van der Waals surface area contributed by atoms with E-state index in [0.717, 1.165) is 23.9 Å². The van der Waals surface area contributed by atoms with Crippen LogP contribution in [0.25, 0.3) is 0 Å². The zero-order valence-electron chi connectivity index (χ0n) is 13.6. The van der Waals surface area contributed by atoms with Crippen LogP contribution in [0.2, 0.25) is 0 Å². The molecule has 1 atom stereocenters. The maximum atomic E-state index is 13.2. The fourth-order valence-corrected chi connectivity index (χ4v) is 3.94. The van der Waals surface area contributed by atoms with Gasteiger partial charge >= 0.3 is 12.1 Å². The minimum Gasteiger partial charge on any atom is -0.478 e. The topological polar surface area (TPSA) is 74.7 Å². The number of hydrogen-bond acceptors (Lipinski definition) is 4. The van der Waals surface area contributed by atoms with Crippen LogP contribution in [-0.4, -0.2) is 28.1 Å². The third-order valence-electron chi connectivity index (χ3n) is 3.94. The first-order valence-electron chi connectivity index (χ1n) is 7.72. The number of halogens is 3. The lowest BCUT2D eigenvalue weighted by molar-refractivity contribution is -0.137. The van der Waals surface area contributed by atoms with Gasteiger partial charge in [0.05, 0.1) is 22.1 Å². The second kappa shape index (κ2) is 7.07. The van der Waals surface area contributed by atoms with Crippen LogP contribution < -0.4 is 4.90 Å². The van der Waals surface area contributed by atoms with Crippen molar-refractivity contribution in [3.05, 3.63) is 59.7 Å². The fraction of sp³-hybridized carbons (Fsp3) is 0.167. The number of hydrogen-bond donors (Lipinski definition) is 1. The number of rotatable bonds is 4. The lowest BCUT2D eigenvalue weighted by atomic mass is 10.1. The number of nitrogens with zero attached hydrogens (tertiary/aromatic N) is 1. The number of thioether (sulfide) groups is 1. The molecular formula is C18H12F3NO4S. The summed E-state index contributed by atoms with van der Waals surface area (Å²) >= 11 is 0.856. The largest absolute Gasteiger partial charge is 0.478 e. The van der Waals surface area contributed by atoms with E-state index in [-0.39, 0.29) is 16.9 Å². The number of carboxylic acid groups (broad SMARTS) is 1. The quantitative estimate of drug-likeness (QED) is 0.797. The fourth-order valence-electron chi connectivity index (χ4n) is 2.76. The van der Waals surface area contributed by atoms with E-state index in [2.05, 4.69) is 0 Å². The number of amides is 2. The molecule has 2 aromatic rings. The lowest BCUT2D eigenvalue weighted by Gasteiger charge is -2.20. The Hall–Kier alpha value is -2.81. The zero-order chi connectivity index (χ0) is 19.8. The molecule has 0 aromatic heterocycles. The van der Waals surface area contributed by atoms with Crippen LogP contribution in [0.15, 0.2) is 53.4 Å². The van der Waals surface area contributed by atoms with Crippen molar-refractivity contribution in [2.75, 3.05) is 4.90 Å². The van der Waals surface area contributed by atoms with Crippen LogP contribution in [0.5, 0.6) is 0 Å². The van der Waals surface area contributed by atoms with Crippen molar-refractivity contribution in [2.24, 2.45) is 0 Å². The molecule has 1 aliphatic rings. The van der Waals surface area contributed by atoms with E-state index < -0.39 is 40.5 Å². The smallest absolute Gasteiger partial charge is 0.418 e. The minimum absolute atomic E-state index is 0.0445. The Morgan fingerprint density at radius 2 is 1.70 bits per heavy atom. The van der Waals surface area contributed by atoms with Crippen LogP contribution >= 0.6 is 11.8 Å². The van der Waals surface area contributed by atoms with Crippen molar-refractivity contribution in [3.8, 4) is 0 Å². The van der Waals surface area contributed by atoms with Gasteiger partial charge in [-0.3, -0.25) is 9.59 Å². The van der Waals surface area contributed by atoms with Crippen LogP contribution in [0.4, 0.5) is 18.9 Å². The summed E-state index contributed by atoms with van der Waals surface area (Å²) in [5, 5.41) is 8.21. The molecule has 9 heteroatoms. The molecule has 1 fully saturated rings. The van der Waals surface area contributed by atoms with Gasteiger partial charge in [-0.2, -0.15) is 13.2 Å². The average molecular weight is 395 g/mol. The molecule has 3 rings (SSSR count). The monoisotopic (exact) mass is 395 g/mol. The molecule has 140 valence electrons. The van der Waals surface area contributed by atoms with Gasteiger partial charge in [-0.15, -0.1) is 11.8 Å². The molecule has 27 heavy (non-hydrogen) atoms. The van der Waals surface area contributed by atoms with E-state index in [4.69, 9.17) is 0 Å². The summed E-state index contributed by atoms with van der Waals surface area (Å²) in [5.74, 6) is -2.77. The number of carbonyl (C=O) groups is 3. The first-order valence-corrected chi connectivity index (χ1v) is 8.60. The lowest BCUT2D eigenvalue weighted by Crippen LogP contribution is -2.33. The highest BCUT2D eigenvalue weighted by molar-refractivity contribution is 8.00. The summed E-state index contributed by atoms with van der Waals surface area (Å²) in [6, 6.07) is 10.3. The summed E-state index contributed by atoms with van der Waals surface area (Å²) in [6.07, 6.45) is -5.04. The summed E-state index contributed by atoms with van der Waals surface area (Å²) in [4.78, 5) is 37.0. The Morgan fingerprint density at radius 3 is 2.37 bits per heavy atom. The van der Waals surface area contributed by atoms with Crippen LogP contribution in [0.1, 0.15) is 22.3 Å². The van der Waals surface area contributed by atoms with Gasteiger partial charge < -0.3 is 5.11 Å². The molecular weight excluding hydrogens is 383 g/mol. The van der Waals surface area contributed by atoms with E-state index in [1.807, 2.05) is 0 Å². The van der Waals surface area contributed by atoms with Gasteiger partial charge in [0, 0.05) is 11.3 Å². The Bertz CT molecular complexity index is 929.